The van der Waals surface area contributed by atoms with Gasteiger partial charge in [-0.1, -0.05) is 46.8 Å². The third-order valence-electron chi connectivity index (χ3n) is 5.54. The number of anilines is 1. The van der Waals surface area contributed by atoms with E-state index in [0.717, 1.165) is 4.90 Å². The zero-order valence-corrected chi connectivity index (χ0v) is 22.9. The average molecular weight is 632 g/mol. The van der Waals surface area contributed by atoms with Crippen LogP contribution in [-0.4, -0.2) is 74.3 Å². The first-order valence-electron chi connectivity index (χ1n) is 11.4. The van der Waals surface area contributed by atoms with E-state index < -0.39 is 57.8 Å². The van der Waals surface area contributed by atoms with Crippen LogP contribution in [0.1, 0.15) is 5.69 Å². The molecule has 3 amide bonds. The number of β-lactam (4-membered cyclic amide) rings is 1. The fraction of sp³-hybridized carbons (Fsp3) is 0.261. The first kappa shape index (κ1) is 30.0. The molecule has 0 saturated carbocycles. The van der Waals surface area contributed by atoms with Gasteiger partial charge in [0, 0.05) is 23.5 Å². The Morgan fingerprint density at radius 2 is 2.02 bits per heavy atom. The molecule has 2 aliphatic heterocycles. The summed E-state index contributed by atoms with van der Waals surface area (Å²) < 4.78 is 39.4. The van der Waals surface area contributed by atoms with Crippen LogP contribution < -0.4 is 15.2 Å². The van der Waals surface area contributed by atoms with E-state index in [1.807, 2.05) is 0 Å². The Morgan fingerprint density at radius 1 is 1.32 bits per heavy atom. The van der Waals surface area contributed by atoms with Gasteiger partial charge in [-0.05, 0) is 0 Å². The number of aromatic nitrogens is 2. The Balaban J connectivity index is 1.55. The number of aliphatic carboxylic acids is 1. The number of carbonyl (C=O) groups is 4. The predicted octanol–water partition coefficient (Wildman–Crippen LogP) is 1.93. The molecule has 216 valence electrons. The number of oxime groups is 1. The molecule has 0 spiro atoms. The number of pyridine rings is 1. The van der Waals surface area contributed by atoms with Gasteiger partial charge in [0.25, 0.3) is 11.8 Å². The zero-order valence-electron chi connectivity index (χ0n) is 20.6. The maximum atomic E-state index is 13.2. The van der Waals surface area contributed by atoms with Gasteiger partial charge in [-0.2, -0.15) is 13.2 Å². The number of nitrogens with zero attached hydrogens (tertiary/aromatic N) is 4. The molecule has 2 atom stereocenters. The van der Waals surface area contributed by atoms with E-state index in [9.17, 15) is 37.5 Å². The summed E-state index contributed by atoms with van der Waals surface area (Å²) in [6.45, 7) is 3.50. The summed E-state index contributed by atoms with van der Waals surface area (Å²) >= 11 is 7.77. The highest BCUT2D eigenvalue weighted by Crippen LogP contribution is 2.40. The van der Waals surface area contributed by atoms with Crippen molar-refractivity contribution in [3.8, 4) is 0 Å². The number of carboxylic acids is 1. The van der Waals surface area contributed by atoms with E-state index in [-0.39, 0.29) is 28.9 Å². The van der Waals surface area contributed by atoms with Crippen molar-refractivity contribution in [2.75, 3.05) is 17.7 Å². The highest BCUT2D eigenvalue weighted by Gasteiger charge is 2.55. The minimum Gasteiger partial charge on any atom is -0.477 e. The molecular formula is C23H19ClF3N6O6S2+. The molecular weight excluding hydrogens is 613 g/mol. The van der Waals surface area contributed by atoms with Crippen LogP contribution >= 0.6 is 34.7 Å². The predicted molar refractivity (Wildman–Crippen MR) is 141 cm³/mol. The maximum Gasteiger partial charge on any atom is 0.471 e. The van der Waals surface area contributed by atoms with Crippen LogP contribution in [0.3, 0.4) is 0 Å². The van der Waals surface area contributed by atoms with Crippen molar-refractivity contribution in [2.24, 2.45) is 5.16 Å². The van der Waals surface area contributed by atoms with Crippen LogP contribution in [0.25, 0.3) is 0 Å². The second kappa shape index (κ2) is 12.3. The third kappa shape index (κ3) is 6.52. The summed E-state index contributed by atoms with van der Waals surface area (Å²) in [5, 5.41) is 16.2. The molecule has 4 rings (SSSR count). The monoisotopic (exact) mass is 631 g/mol. The van der Waals surface area contributed by atoms with E-state index in [4.69, 9.17) is 16.4 Å². The number of hydrogen-bond acceptors (Lipinski definition) is 9. The molecule has 0 radical (unpaired) electrons. The molecule has 1 unspecified atom stereocenters. The van der Waals surface area contributed by atoms with Gasteiger partial charge in [0.15, 0.2) is 29.8 Å². The Morgan fingerprint density at radius 3 is 2.66 bits per heavy atom. The van der Waals surface area contributed by atoms with Gasteiger partial charge in [-0.3, -0.25) is 24.6 Å². The Hall–Kier alpha value is -3.96. The molecule has 2 aromatic rings. The SMILES string of the molecule is C=CCO/N=C(\C(=O)NC1C(=O)N2C(C(=O)O)=C(C[n+]3ccccc3)CS[C@H]12)c1nc(NC(=O)C(F)(F)F)sc1Cl. The highest BCUT2D eigenvalue weighted by atomic mass is 35.5. The van der Waals surface area contributed by atoms with Crippen LogP contribution in [0, 0.1) is 0 Å². The first-order chi connectivity index (χ1) is 19.4. The molecule has 4 heterocycles. The number of halogens is 4. The van der Waals surface area contributed by atoms with Crippen LogP contribution in [0.4, 0.5) is 18.3 Å². The van der Waals surface area contributed by atoms with Crippen LogP contribution in [-0.2, 0) is 30.6 Å². The number of rotatable bonds is 10. The topological polar surface area (TPSA) is 154 Å². The van der Waals surface area contributed by atoms with Crippen LogP contribution in [0.15, 0.2) is 59.7 Å². The lowest BCUT2D eigenvalue weighted by molar-refractivity contribution is -0.689. The lowest BCUT2D eigenvalue weighted by Crippen LogP contribution is -2.71. The minimum absolute atomic E-state index is 0.167. The van der Waals surface area contributed by atoms with Gasteiger partial charge in [0.1, 0.15) is 33.7 Å². The zero-order chi connectivity index (χ0) is 29.9. The summed E-state index contributed by atoms with van der Waals surface area (Å²) in [7, 11) is 0. The van der Waals surface area contributed by atoms with E-state index >= 15 is 0 Å². The number of amides is 3. The number of alkyl halides is 3. The number of thiazole rings is 1. The quantitative estimate of drug-likeness (QED) is 0.0898. The molecule has 12 nitrogen and oxygen atoms in total. The number of nitrogens with one attached hydrogen (secondary N) is 2. The summed E-state index contributed by atoms with van der Waals surface area (Å²) in [6, 6.07) is 4.19. The maximum absolute atomic E-state index is 13.2. The highest BCUT2D eigenvalue weighted by molar-refractivity contribution is 8.00. The second-order valence-corrected chi connectivity index (χ2v) is 11.0. The fourth-order valence-electron chi connectivity index (χ4n) is 3.79. The largest absolute Gasteiger partial charge is 0.477 e. The molecule has 18 heteroatoms. The average Bonchev–Trinajstić information content (AvgIpc) is 3.28. The number of carbonyl (C=O) groups excluding carboxylic acids is 3. The Labute approximate surface area is 242 Å². The molecule has 1 fully saturated rings. The van der Waals surface area contributed by atoms with Gasteiger partial charge >= 0.3 is 18.1 Å². The van der Waals surface area contributed by atoms with Crippen molar-refractivity contribution in [1.29, 1.82) is 0 Å². The van der Waals surface area contributed by atoms with Crippen molar-refractivity contribution in [3.05, 3.63) is 64.5 Å². The van der Waals surface area contributed by atoms with Crippen LogP contribution in [0.2, 0.25) is 4.34 Å². The van der Waals surface area contributed by atoms with Crippen molar-refractivity contribution < 1.29 is 46.9 Å². The van der Waals surface area contributed by atoms with E-state index in [1.54, 1.807) is 35.2 Å². The minimum atomic E-state index is -5.20. The van der Waals surface area contributed by atoms with Gasteiger partial charge in [-0.15, -0.1) is 11.8 Å². The Kier molecular flexibility index (Phi) is 8.98. The molecule has 3 N–H and O–H groups in total. The third-order valence-corrected chi connectivity index (χ3v) is 8.05. The number of thioether (sulfide) groups is 1. The lowest BCUT2D eigenvalue weighted by atomic mass is 10.0. The summed E-state index contributed by atoms with van der Waals surface area (Å²) in [4.78, 5) is 59.5. The second-order valence-electron chi connectivity index (χ2n) is 8.28. The number of hydrogen-bond donors (Lipinski definition) is 3. The van der Waals surface area contributed by atoms with Crippen LogP contribution in [0.5, 0.6) is 0 Å². The van der Waals surface area contributed by atoms with E-state index in [1.165, 1.54) is 23.2 Å². The van der Waals surface area contributed by atoms with Crippen molar-refractivity contribution in [1.82, 2.24) is 15.2 Å². The van der Waals surface area contributed by atoms with E-state index in [0.29, 0.717) is 16.9 Å². The van der Waals surface area contributed by atoms with Crippen molar-refractivity contribution in [2.45, 2.75) is 24.1 Å². The van der Waals surface area contributed by atoms with Gasteiger partial charge in [0.2, 0.25) is 0 Å². The fourth-order valence-corrected chi connectivity index (χ4v) is 6.17. The molecule has 41 heavy (non-hydrogen) atoms. The number of carboxylic acid groups (broad SMARTS) is 1. The molecule has 1 saturated heterocycles. The standard InChI is InChI=1S/C23H18ClF3N6O6S2/c1-2-8-39-31-13(12-16(24)41-22(29-12)30-21(38)23(25,26)27)17(34)28-14-18(35)33-15(20(36)37)11(10-40-19(14)33)9-32-6-4-3-5-7-32/h2-7,14,19H,1,8-10H2,(H2-,28,29,30,34,36,37,38)/p+1/b31-13-/t14?,19-/m1/s1. The van der Waals surface area contributed by atoms with Crippen molar-refractivity contribution >= 4 is 69.2 Å². The smallest absolute Gasteiger partial charge is 0.471 e. The summed E-state index contributed by atoms with van der Waals surface area (Å²) in [5.41, 5.74) is -0.695. The summed E-state index contributed by atoms with van der Waals surface area (Å²) in [6.07, 6.45) is -0.392. The summed E-state index contributed by atoms with van der Waals surface area (Å²) in [5.74, 6) is -5.07. The van der Waals surface area contributed by atoms with E-state index in [2.05, 4.69) is 22.0 Å². The van der Waals surface area contributed by atoms with Gasteiger partial charge in [-0.25, -0.2) is 14.3 Å². The molecule has 2 aliphatic rings. The van der Waals surface area contributed by atoms with Crippen molar-refractivity contribution in [3.63, 3.8) is 0 Å². The lowest BCUT2D eigenvalue weighted by Gasteiger charge is -2.49. The molecule has 0 aliphatic carbocycles. The molecule has 0 bridgehead atoms. The normalized spacial score (nSPS) is 18.8. The van der Waals surface area contributed by atoms with Gasteiger partial charge < -0.3 is 15.3 Å². The Bertz CT molecular complexity index is 1470. The molecule has 0 aromatic carbocycles. The number of fused-ring (bicyclic) bond motifs is 1. The first-order valence-corrected chi connectivity index (χ1v) is 13.7. The molecule has 2 aromatic heterocycles. The van der Waals surface area contributed by atoms with Gasteiger partial charge in [0.05, 0.1) is 0 Å².